The van der Waals surface area contributed by atoms with E-state index in [2.05, 4.69) is 53.7 Å². The third-order valence-electron chi connectivity index (χ3n) is 10.00. The fraction of sp³-hybridized carbons (Fsp3) is 0.759. The molecular formula is C29H44O2. The van der Waals surface area contributed by atoms with E-state index in [0.717, 1.165) is 25.7 Å². The van der Waals surface area contributed by atoms with Crippen LogP contribution in [0.5, 0.6) is 0 Å². The largest absolute Gasteiger partial charge is 0.393 e. The molecule has 2 fully saturated rings. The van der Waals surface area contributed by atoms with Crippen LogP contribution in [0.1, 0.15) is 92.9 Å². The van der Waals surface area contributed by atoms with Gasteiger partial charge in [-0.2, -0.15) is 0 Å². The van der Waals surface area contributed by atoms with Crippen molar-refractivity contribution in [1.82, 2.24) is 0 Å². The first-order valence-electron chi connectivity index (χ1n) is 13.0. The second-order valence-electron chi connectivity index (χ2n) is 12.0. The average molecular weight is 425 g/mol. The summed E-state index contributed by atoms with van der Waals surface area (Å²) < 4.78 is 0. The van der Waals surface area contributed by atoms with Gasteiger partial charge in [0.2, 0.25) is 0 Å². The second kappa shape index (κ2) is 8.32. The highest BCUT2D eigenvalue weighted by atomic mass is 16.3. The van der Waals surface area contributed by atoms with Crippen molar-refractivity contribution in [3.63, 3.8) is 0 Å². The molecule has 0 heterocycles. The molecule has 172 valence electrons. The van der Waals surface area contributed by atoms with Crippen LogP contribution in [0.15, 0.2) is 34.9 Å². The quantitative estimate of drug-likeness (QED) is 0.480. The summed E-state index contributed by atoms with van der Waals surface area (Å²) in [5.41, 5.74) is 4.07. The van der Waals surface area contributed by atoms with Gasteiger partial charge in [-0.1, -0.05) is 64.8 Å². The molecule has 2 saturated carbocycles. The Morgan fingerprint density at radius 3 is 2.55 bits per heavy atom. The number of allylic oxidation sites excluding steroid dienone is 5. The molecule has 0 aromatic carbocycles. The van der Waals surface area contributed by atoms with Gasteiger partial charge >= 0.3 is 0 Å². The number of hydrogen-bond donors (Lipinski definition) is 1. The number of carbonyl (C=O) groups is 1. The predicted octanol–water partition coefficient (Wildman–Crippen LogP) is 7.04. The highest BCUT2D eigenvalue weighted by molar-refractivity contribution is 6.07. The van der Waals surface area contributed by atoms with Crippen molar-refractivity contribution in [3.8, 4) is 0 Å². The summed E-state index contributed by atoms with van der Waals surface area (Å²) in [6.45, 7) is 14.2. The van der Waals surface area contributed by atoms with Crippen LogP contribution in [0.25, 0.3) is 0 Å². The van der Waals surface area contributed by atoms with Crippen molar-refractivity contribution in [3.05, 3.63) is 34.9 Å². The smallest absolute Gasteiger partial charge is 0.182 e. The molecule has 4 aliphatic rings. The second-order valence-corrected chi connectivity index (χ2v) is 12.0. The van der Waals surface area contributed by atoms with E-state index < -0.39 is 0 Å². The minimum atomic E-state index is -0.274. The Kier molecular flexibility index (Phi) is 6.18. The Morgan fingerprint density at radius 1 is 1.13 bits per heavy atom. The SMILES string of the molecule is CCC(/C=C/[C@@H](C)C1CC[C@H]2C3=C(CC[C@]12C)[C@@]1(C)CCC(O)CC1=CC3=O)C(C)C. The summed E-state index contributed by atoms with van der Waals surface area (Å²) in [6.07, 6.45) is 15.0. The van der Waals surface area contributed by atoms with Crippen molar-refractivity contribution in [2.24, 2.45) is 40.4 Å². The van der Waals surface area contributed by atoms with Crippen LogP contribution >= 0.6 is 0 Å². The number of aliphatic hydroxyl groups excluding tert-OH is 1. The lowest BCUT2D eigenvalue weighted by Crippen LogP contribution is -2.44. The number of carbonyl (C=O) groups excluding carboxylic acids is 1. The molecule has 0 aliphatic heterocycles. The standard InChI is InChI=1S/C29H44O2/c1-7-20(18(2)3)9-8-19(4)23-10-11-24-27-25(13-15-29(23,24)6)28(5)14-12-22(30)16-21(28)17-26(27)31/h8-9,17-20,22-24,30H,7,10-16H2,1-6H3/b9-8+/t19-,20?,22?,23?,24+,28+,29-/m1/s1. The summed E-state index contributed by atoms with van der Waals surface area (Å²) in [4.78, 5) is 13.4. The molecule has 0 spiro atoms. The lowest BCUT2D eigenvalue weighted by Gasteiger charge is -2.51. The topological polar surface area (TPSA) is 37.3 Å². The third kappa shape index (κ3) is 3.71. The van der Waals surface area contributed by atoms with Crippen LogP contribution in [-0.2, 0) is 4.79 Å². The van der Waals surface area contributed by atoms with E-state index >= 15 is 0 Å². The summed E-state index contributed by atoms with van der Waals surface area (Å²) in [7, 11) is 0. The molecule has 0 radical (unpaired) electrons. The van der Waals surface area contributed by atoms with Gasteiger partial charge in [0.05, 0.1) is 6.10 Å². The zero-order valence-corrected chi connectivity index (χ0v) is 20.7. The number of fused-ring (bicyclic) bond motifs is 4. The van der Waals surface area contributed by atoms with Crippen LogP contribution in [0.4, 0.5) is 0 Å². The van der Waals surface area contributed by atoms with Crippen molar-refractivity contribution in [2.45, 2.75) is 99.0 Å². The molecule has 3 unspecified atom stereocenters. The number of rotatable bonds is 5. The Hall–Kier alpha value is -1.15. The van der Waals surface area contributed by atoms with Gasteiger partial charge in [0.1, 0.15) is 0 Å². The van der Waals surface area contributed by atoms with Crippen LogP contribution in [0.3, 0.4) is 0 Å². The van der Waals surface area contributed by atoms with E-state index in [4.69, 9.17) is 0 Å². The zero-order valence-electron chi connectivity index (χ0n) is 20.7. The number of ketones is 1. The first-order valence-corrected chi connectivity index (χ1v) is 13.0. The molecule has 1 N–H and O–H groups in total. The van der Waals surface area contributed by atoms with Gasteiger partial charge < -0.3 is 5.11 Å². The van der Waals surface area contributed by atoms with Crippen LogP contribution in [0, 0.1) is 40.4 Å². The van der Waals surface area contributed by atoms with E-state index in [9.17, 15) is 9.90 Å². The third-order valence-corrected chi connectivity index (χ3v) is 10.00. The van der Waals surface area contributed by atoms with Crippen molar-refractivity contribution < 1.29 is 9.90 Å². The molecular weight excluding hydrogens is 380 g/mol. The first-order chi connectivity index (χ1) is 14.6. The van der Waals surface area contributed by atoms with E-state index in [-0.39, 0.29) is 22.7 Å². The Labute approximate surface area is 190 Å². The molecule has 4 aliphatic carbocycles. The summed E-state index contributed by atoms with van der Waals surface area (Å²) in [5.74, 6) is 3.26. The number of hydrogen-bond acceptors (Lipinski definition) is 2. The fourth-order valence-electron chi connectivity index (χ4n) is 7.87. The minimum absolute atomic E-state index is 0.0129. The molecule has 0 bridgehead atoms. The van der Waals surface area contributed by atoms with Gasteiger partial charge in [0, 0.05) is 11.0 Å². The zero-order chi connectivity index (χ0) is 22.6. The molecule has 2 nitrogen and oxygen atoms in total. The van der Waals surface area contributed by atoms with Crippen LogP contribution < -0.4 is 0 Å². The Bertz CT molecular complexity index is 815. The molecule has 0 aromatic heterocycles. The highest BCUT2D eigenvalue weighted by Gasteiger charge is 2.56. The first kappa shape index (κ1) is 23.0. The summed E-state index contributed by atoms with van der Waals surface area (Å²) in [5, 5.41) is 10.2. The van der Waals surface area contributed by atoms with Gasteiger partial charge in [-0.25, -0.2) is 0 Å². The summed E-state index contributed by atoms with van der Waals surface area (Å²) in [6, 6.07) is 0. The number of aliphatic hydroxyl groups is 1. The molecule has 31 heavy (non-hydrogen) atoms. The highest BCUT2D eigenvalue weighted by Crippen LogP contribution is 2.64. The van der Waals surface area contributed by atoms with E-state index in [0.29, 0.717) is 36.0 Å². The molecule has 4 rings (SSSR count). The van der Waals surface area contributed by atoms with Gasteiger partial charge in [-0.3, -0.25) is 4.79 Å². The minimum Gasteiger partial charge on any atom is -0.393 e. The normalized spacial score (nSPS) is 39.9. The van der Waals surface area contributed by atoms with Gasteiger partial charge in [-0.15, -0.1) is 0 Å². The molecule has 2 heteroatoms. The van der Waals surface area contributed by atoms with E-state index in [1.807, 2.05) is 6.08 Å². The monoisotopic (exact) mass is 424 g/mol. The van der Waals surface area contributed by atoms with Gasteiger partial charge in [0.15, 0.2) is 5.78 Å². The molecule has 0 saturated heterocycles. The predicted molar refractivity (Wildman–Crippen MR) is 129 cm³/mol. The van der Waals surface area contributed by atoms with Gasteiger partial charge in [-0.05, 0) is 92.4 Å². The lowest BCUT2D eigenvalue weighted by molar-refractivity contribution is -0.113. The molecule has 7 atom stereocenters. The Morgan fingerprint density at radius 2 is 1.87 bits per heavy atom. The molecule has 0 aromatic rings. The van der Waals surface area contributed by atoms with Crippen molar-refractivity contribution in [2.75, 3.05) is 0 Å². The average Bonchev–Trinajstić information content (AvgIpc) is 3.06. The van der Waals surface area contributed by atoms with Crippen molar-refractivity contribution >= 4 is 5.78 Å². The van der Waals surface area contributed by atoms with Crippen LogP contribution in [-0.4, -0.2) is 17.0 Å². The van der Waals surface area contributed by atoms with Crippen molar-refractivity contribution in [1.29, 1.82) is 0 Å². The van der Waals surface area contributed by atoms with Gasteiger partial charge in [0.25, 0.3) is 0 Å². The maximum Gasteiger partial charge on any atom is 0.182 e. The maximum absolute atomic E-state index is 13.4. The fourth-order valence-corrected chi connectivity index (χ4v) is 7.87. The van der Waals surface area contributed by atoms with E-state index in [1.54, 1.807) is 0 Å². The van der Waals surface area contributed by atoms with Crippen LogP contribution in [0.2, 0.25) is 0 Å². The summed E-state index contributed by atoms with van der Waals surface area (Å²) >= 11 is 0. The Balaban J connectivity index is 1.61. The van der Waals surface area contributed by atoms with E-state index in [1.165, 1.54) is 36.0 Å². The maximum atomic E-state index is 13.4. The molecule has 0 amide bonds. The lowest BCUT2D eigenvalue weighted by atomic mass is 9.53.